The molecule has 1 aromatic carbocycles. The monoisotopic (exact) mass is 309 g/mol. The molecule has 0 spiro atoms. The van der Waals surface area contributed by atoms with Gasteiger partial charge in [-0.3, -0.25) is 0 Å². The Hall–Kier alpha value is -3.15. The number of nitrogens with zero attached hydrogens (tertiary/aromatic N) is 3. The lowest BCUT2D eigenvalue weighted by molar-refractivity contribution is 0.0690. The van der Waals surface area contributed by atoms with Gasteiger partial charge in [-0.1, -0.05) is 30.3 Å². The molecule has 0 fully saturated rings. The molecule has 116 valence electrons. The van der Waals surface area contributed by atoms with Gasteiger partial charge in [0.2, 0.25) is 5.88 Å². The standard InChI is InChI=1S/C17H15N3O3/c1-2-23-16-9-8-13(11-18-16)20-15(10-14(19-20)17(21)22)12-6-4-3-5-7-12/h3-11H,2H2,1H3,(H,21,22). The maximum absolute atomic E-state index is 11.3. The Balaban J connectivity index is 2.08. The number of pyridine rings is 1. The van der Waals surface area contributed by atoms with Crippen LogP contribution in [0.3, 0.4) is 0 Å². The number of benzene rings is 1. The van der Waals surface area contributed by atoms with Gasteiger partial charge in [0, 0.05) is 11.6 Å². The zero-order chi connectivity index (χ0) is 16.2. The Kier molecular flexibility index (Phi) is 4.05. The second kappa shape index (κ2) is 6.31. The van der Waals surface area contributed by atoms with Gasteiger partial charge < -0.3 is 9.84 Å². The van der Waals surface area contributed by atoms with Gasteiger partial charge in [0.1, 0.15) is 0 Å². The predicted molar refractivity (Wildman–Crippen MR) is 84.9 cm³/mol. The van der Waals surface area contributed by atoms with E-state index in [4.69, 9.17) is 4.74 Å². The van der Waals surface area contributed by atoms with Crippen molar-refractivity contribution in [1.29, 1.82) is 0 Å². The molecule has 23 heavy (non-hydrogen) atoms. The molecular formula is C17H15N3O3. The smallest absolute Gasteiger partial charge is 0.356 e. The van der Waals surface area contributed by atoms with Crippen LogP contribution in [0, 0.1) is 0 Å². The molecule has 3 aromatic rings. The summed E-state index contributed by atoms with van der Waals surface area (Å²) in [5, 5.41) is 13.4. The van der Waals surface area contributed by atoms with Crippen molar-refractivity contribution in [3.8, 4) is 22.8 Å². The van der Waals surface area contributed by atoms with E-state index in [1.54, 1.807) is 29.1 Å². The average Bonchev–Trinajstić information content (AvgIpc) is 3.02. The lowest BCUT2D eigenvalue weighted by atomic mass is 10.1. The summed E-state index contributed by atoms with van der Waals surface area (Å²) in [6.07, 6.45) is 1.61. The normalized spacial score (nSPS) is 10.5. The summed E-state index contributed by atoms with van der Waals surface area (Å²) in [6, 6.07) is 14.6. The van der Waals surface area contributed by atoms with E-state index in [-0.39, 0.29) is 5.69 Å². The second-order valence-electron chi connectivity index (χ2n) is 4.79. The van der Waals surface area contributed by atoms with Crippen LogP contribution in [0.1, 0.15) is 17.4 Å². The first kappa shape index (κ1) is 14.8. The molecule has 2 heterocycles. The van der Waals surface area contributed by atoms with Crippen molar-refractivity contribution in [2.75, 3.05) is 6.61 Å². The Morgan fingerprint density at radius 3 is 2.61 bits per heavy atom. The van der Waals surface area contributed by atoms with E-state index in [1.165, 1.54) is 0 Å². The van der Waals surface area contributed by atoms with E-state index >= 15 is 0 Å². The van der Waals surface area contributed by atoms with Crippen LogP contribution in [0.5, 0.6) is 5.88 Å². The highest BCUT2D eigenvalue weighted by Gasteiger charge is 2.16. The van der Waals surface area contributed by atoms with E-state index in [9.17, 15) is 9.90 Å². The van der Waals surface area contributed by atoms with Gasteiger partial charge in [-0.05, 0) is 19.1 Å². The van der Waals surface area contributed by atoms with Gasteiger partial charge in [-0.2, -0.15) is 5.10 Å². The van der Waals surface area contributed by atoms with Gasteiger partial charge in [0.05, 0.1) is 24.2 Å². The van der Waals surface area contributed by atoms with Gasteiger partial charge >= 0.3 is 5.97 Å². The molecule has 6 nitrogen and oxygen atoms in total. The maximum atomic E-state index is 11.3. The highest BCUT2D eigenvalue weighted by Crippen LogP contribution is 2.24. The van der Waals surface area contributed by atoms with Crippen molar-refractivity contribution >= 4 is 5.97 Å². The summed E-state index contributed by atoms with van der Waals surface area (Å²) < 4.78 is 6.89. The molecule has 3 rings (SSSR count). The zero-order valence-corrected chi connectivity index (χ0v) is 12.5. The third-order valence-corrected chi connectivity index (χ3v) is 3.26. The van der Waals surface area contributed by atoms with E-state index in [1.807, 2.05) is 37.3 Å². The lowest BCUT2D eigenvalue weighted by Crippen LogP contribution is -2.03. The summed E-state index contributed by atoms with van der Waals surface area (Å²) >= 11 is 0. The summed E-state index contributed by atoms with van der Waals surface area (Å²) in [7, 11) is 0. The van der Waals surface area contributed by atoms with E-state index in [0.29, 0.717) is 23.9 Å². The Bertz CT molecular complexity index is 811. The fraction of sp³-hybridized carbons (Fsp3) is 0.118. The summed E-state index contributed by atoms with van der Waals surface area (Å²) in [5.41, 5.74) is 2.22. The first-order valence-electron chi connectivity index (χ1n) is 7.17. The van der Waals surface area contributed by atoms with Gasteiger partial charge in [-0.25, -0.2) is 14.5 Å². The van der Waals surface area contributed by atoms with Crippen LogP contribution in [0.15, 0.2) is 54.7 Å². The van der Waals surface area contributed by atoms with Crippen LogP contribution < -0.4 is 4.74 Å². The molecule has 0 atom stereocenters. The first-order valence-corrected chi connectivity index (χ1v) is 7.17. The molecule has 1 N–H and O–H groups in total. The zero-order valence-electron chi connectivity index (χ0n) is 12.5. The summed E-state index contributed by atoms with van der Waals surface area (Å²) in [4.78, 5) is 15.5. The second-order valence-corrected chi connectivity index (χ2v) is 4.79. The SMILES string of the molecule is CCOc1ccc(-n2nc(C(=O)O)cc2-c2ccccc2)cn1. The third kappa shape index (κ3) is 3.06. The summed E-state index contributed by atoms with van der Waals surface area (Å²) in [5.74, 6) is -0.553. The number of rotatable bonds is 5. The number of hydrogen-bond acceptors (Lipinski definition) is 4. The molecule has 0 aliphatic heterocycles. The number of carboxylic acids is 1. The Labute approximate surface area is 133 Å². The number of hydrogen-bond donors (Lipinski definition) is 1. The molecule has 0 radical (unpaired) electrons. The molecule has 0 bridgehead atoms. The topological polar surface area (TPSA) is 77.2 Å². The van der Waals surface area contributed by atoms with Gasteiger partial charge in [-0.15, -0.1) is 0 Å². The number of aromatic carboxylic acids is 1. The van der Waals surface area contributed by atoms with Crippen molar-refractivity contribution in [1.82, 2.24) is 14.8 Å². The van der Waals surface area contributed by atoms with E-state index in [2.05, 4.69) is 10.1 Å². The minimum atomic E-state index is -1.07. The van der Waals surface area contributed by atoms with Crippen molar-refractivity contribution in [2.24, 2.45) is 0 Å². The fourth-order valence-corrected chi connectivity index (χ4v) is 2.23. The average molecular weight is 309 g/mol. The van der Waals surface area contributed by atoms with Crippen LogP contribution in [-0.4, -0.2) is 32.4 Å². The quantitative estimate of drug-likeness (QED) is 0.784. The largest absolute Gasteiger partial charge is 0.478 e. The highest BCUT2D eigenvalue weighted by molar-refractivity contribution is 5.87. The van der Waals surface area contributed by atoms with Crippen LogP contribution in [-0.2, 0) is 0 Å². The number of aromatic nitrogens is 3. The highest BCUT2D eigenvalue weighted by atomic mass is 16.5. The van der Waals surface area contributed by atoms with Gasteiger partial charge in [0.15, 0.2) is 5.69 Å². The molecule has 0 amide bonds. The molecular weight excluding hydrogens is 294 g/mol. The van der Waals surface area contributed by atoms with E-state index < -0.39 is 5.97 Å². The van der Waals surface area contributed by atoms with Crippen molar-refractivity contribution in [3.05, 3.63) is 60.4 Å². The van der Waals surface area contributed by atoms with E-state index in [0.717, 1.165) is 5.56 Å². The Morgan fingerprint density at radius 2 is 2.00 bits per heavy atom. The van der Waals surface area contributed by atoms with Crippen LogP contribution in [0.4, 0.5) is 0 Å². The minimum Gasteiger partial charge on any atom is -0.478 e. The maximum Gasteiger partial charge on any atom is 0.356 e. The molecule has 0 unspecified atom stereocenters. The molecule has 0 aliphatic rings. The van der Waals surface area contributed by atoms with Crippen molar-refractivity contribution in [2.45, 2.75) is 6.92 Å². The predicted octanol–water partition coefficient (Wildman–Crippen LogP) is 3.03. The number of ether oxygens (including phenoxy) is 1. The van der Waals surface area contributed by atoms with Crippen LogP contribution in [0.25, 0.3) is 16.9 Å². The Morgan fingerprint density at radius 1 is 1.22 bits per heavy atom. The molecule has 2 aromatic heterocycles. The molecule has 0 saturated carbocycles. The first-order chi connectivity index (χ1) is 11.2. The summed E-state index contributed by atoms with van der Waals surface area (Å²) in [6.45, 7) is 2.42. The fourth-order valence-electron chi connectivity index (χ4n) is 2.23. The van der Waals surface area contributed by atoms with Crippen LogP contribution >= 0.6 is 0 Å². The molecule has 6 heteroatoms. The molecule has 0 aliphatic carbocycles. The van der Waals surface area contributed by atoms with Gasteiger partial charge in [0.25, 0.3) is 0 Å². The number of carboxylic acid groups (broad SMARTS) is 1. The minimum absolute atomic E-state index is 0.0160. The van der Waals surface area contributed by atoms with Crippen molar-refractivity contribution in [3.63, 3.8) is 0 Å². The third-order valence-electron chi connectivity index (χ3n) is 3.26. The lowest BCUT2D eigenvalue weighted by Gasteiger charge is -2.08. The van der Waals surface area contributed by atoms with Crippen LogP contribution in [0.2, 0.25) is 0 Å². The van der Waals surface area contributed by atoms with Crippen molar-refractivity contribution < 1.29 is 14.6 Å². The molecule has 0 saturated heterocycles. The number of carbonyl (C=O) groups is 1.